The second-order valence-electron chi connectivity index (χ2n) is 5.36. The van der Waals surface area contributed by atoms with E-state index in [2.05, 4.69) is 42.4 Å². The predicted molar refractivity (Wildman–Crippen MR) is 80.8 cm³/mol. The summed E-state index contributed by atoms with van der Waals surface area (Å²) in [4.78, 5) is 0. The second kappa shape index (κ2) is 5.79. The first kappa shape index (κ1) is 14.8. The average molecular weight is 275 g/mol. The molecule has 110 valence electrons. The summed E-state index contributed by atoms with van der Waals surface area (Å²) >= 11 is 0. The van der Waals surface area contributed by atoms with E-state index < -0.39 is 0 Å². The maximum Gasteiger partial charge on any atom is 0.0644 e. The largest absolute Gasteiger partial charge is 0.313 e. The van der Waals surface area contributed by atoms with Crippen molar-refractivity contribution in [3.63, 3.8) is 0 Å². The number of nitrogens with zero attached hydrogens (tertiary/aromatic N) is 4. The van der Waals surface area contributed by atoms with E-state index in [1.807, 2.05) is 30.5 Å². The zero-order valence-electron chi connectivity index (χ0n) is 13.4. The zero-order valence-corrected chi connectivity index (χ0v) is 13.4. The smallest absolute Gasteiger partial charge is 0.0644 e. The summed E-state index contributed by atoms with van der Waals surface area (Å²) in [7, 11) is 6.02. The molecule has 5 nitrogen and oxygen atoms in total. The van der Waals surface area contributed by atoms with Crippen molar-refractivity contribution in [2.45, 2.75) is 39.7 Å². The lowest BCUT2D eigenvalue weighted by Crippen LogP contribution is -2.21. The number of nitrogens with one attached hydrogen (secondary N) is 1. The van der Waals surface area contributed by atoms with Gasteiger partial charge in [0, 0.05) is 43.5 Å². The molecule has 0 aliphatic carbocycles. The fourth-order valence-electron chi connectivity index (χ4n) is 2.79. The Bertz CT molecular complexity index is 594. The van der Waals surface area contributed by atoms with Crippen LogP contribution in [-0.2, 0) is 26.9 Å². The van der Waals surface area contributed by atoms with E-state index in [9.17, 15) is 0 Å². The van der Waals surface area contributed by atoms with E-state index in [0.29, 0.717) is 0 Å². The van der Waals surface area contributed by atoms with Gasteiger partial charge in [-0.3, -0.25) is 9.36 Å². The van der Waals surface area contributed by atoms with Crippen molar-refractivity contribution < 1.29 is 0 Å². The summed E-state index contributed by atoms with van der Waals surface area (Å²) in [5.41, 5.74) is 6.03. The van der Waals surface area contributed by atoms with Gasteiger partial charge in [-0.25, -0.2) is 0 Å². The van der Waals surface area contributed by atoms with Crippen LogP contribution in [0.25, 0.3) is 0 Å². The molecular weight excluding hydrogens is 250 g/mol. The van der Waals surface area contributed by atoms with Crippen LogP contribution in [0, 0.1) is 13.8 Å². The van der Waals surface area contributed by atoms with Crippen LogP contribution in [0.3, 0.4) is 0 Å². The second-order valence-corrected chi connectivity index (χ2v) is 5.36. The fraction of sp³-hybridized carbons (Fsp3) is 0.600. The molecule has 2 aromatic heterocycles. The SMILES string of the molecule is CCc1cc(CC(NC)c2c(C)nn(C)c2C)n(C)n1. The summed E-state index contributed by atoms with van der Waals surface area (Å²) in [6.07, 6.45) is 1.90. The first-order valence-corrected chi connectivity index (χ1v) is 7.17. The minimum Gasteiger partial charge on any atom is -0.313 e. The normalized spacial score (nSPS) is 12.9. The first-order valence-electron chi connectivity index (χ1n) is 7.17. The topological polar surface area (TPSA) is 47.7 Å². The lowest BCUT2D eigenvalue weighted by Gasteiger charge is -2.17. The van der Waals surface area contributed by atoms with Crippen molar-refractivity contribution in [1.82, 2.24) is 24.9 Å². The van der Waals surface area contributed by atoms with Gasteiger partial charge >= 0.3 is 0 Å². The maximum absolute atomic E-state index is 4.53. The van der Waals surface area contributed by atoms with Crippen LogP contribution in [0.4, 0.5) is 0 Å². The number of likely N-dealkylation sites (N-methyl/N-ethyl adjacent to an activating group) is 1. The highest BCUT2D eigenvalue weighted by Gasteiger charge is 2.20. The highest BCUT2D eigenvalue weighted by molar-refractivity contribution is 5.29. The molecule has 0 fully saturated rings. The molecule has 0 spiro atoms. The van der Waals surface area contributed by atoms with E-state index in [0.717, 1.165) is 24.2 Å². The molecule has 1 N–H and O–H groups in total. The lowest BCUT2D eigenvalue weighted by atomic mass is 10.00. The average Bonchev–Trinajstić information content (AvgIpc) is 2.89. The first-order chi connectivity index (χ1) is 9.47. The molecule has 0 radical (unpaired) electrons. The molecule has 5 heteroatoms. The van der Waals surface area contributed by atoms with Crippen molar-refractivity contribution in [1.29, 1.82) is 0 Å². The quantitative estimate of drug-likeness (QED) is 0.905. The van der Waals surface area contributed by atoms with Crippen LogP contribution < -0.4 is 5.32 Å². The van der Waals surface area contributed by atoms with Crippen LogP contribution in [0.15, 0.2) is 6.07 Å². The molecule has 2 heterocycles. The van der Waals surface area contributed by atoms with Gasteiger partial charge in [0.2, 0.25) is 0 Å². The van der Waals surface area contributed by atoms with Crippen LogP contribution >= 0.6 is 0 Å². The molecule has 0 saturated heterocycles. The van der Waals surface area contributed by atoms with E-state index in [1.165, 1.54) is 17.0 Å². The number of hydrogen-bond donors (Lipinski definition) is 1. The van der Waals surface area contributed by atoms with E-state index >= 15 is 0 Å². The van der Waals surface area contributed by atoms with E-state index in [1.54, 1.807) is 0 Å². The summed E-state index contributed by atoms with van der Waals surface area (Å²) in [5, 5.41) is 12.5. The standard InChI is InChI=1S/C15H25N5/c1-7-12-8-13(20(6)18-12)9-14(16-4)15-10(2)17-19(5)11(15)3/h8,14,16H,7,9H2,1-6H3. The lowest BCUT2D eigenvalue weighted by molar-refractivity contribution is 0.555. The van der Waals surface area contributed by atoms with E-state index in [4.69, 9.17) is 0 Å². The molecule has 0 bridgehead atoms. The van der Waals surface area contributed by atoms with Gasteiger partial charge in [0.1, 0.15) is 0 Å². The zero-order chi connectivity index (χ0) is 14.9. The molecule has 20 heavy (non-hydrogen) atoms. The van der Waals surface area contributed by atoms with Gasteiger partial charge in [0.05, 0.1) is 11.4 Å². The van der Waals surface area contributed by atoms with Crippen molar-refractivity contribution in [3.8, 4) is 0 Å². The third-order valence-corrected chi connectivity index (χ3v) is 4.06. The molecule has 2 rings (SSSR count). The molecule has 1 atom stereocenters. The van der Waals surface area contributed by atoms with Crippen molar-refractivity contribution in [2.24, 2.45) is 14.1 Å². The monoisotopic (exact) mass is 275 g/mol. The molecule has 0 amide bonds. The van der Waals surface area contributed by atoms with Crippen LogP contribution in [0.2, 0.25) is 0 Å². The summed E-state index contributed by atoms with van der Waals surface area (Å²) in [5.74, 6) is 0. The summed E-state index contributed by atoms with van der Waals surface area (Å²) < 4.78 is 3.94. The Labute approximate surface area is 121 Å². The van der Waals surface area contributed by atoms with Gasteiger partial charge in [-0.05, 0) is 33.4 Å². The molecule has 0 aliphatic heterocycles. The highest BCUT2D eigenvalue weighted by atomic mass is 15.3. The maximum atomic E-state index is 4.53. The van der Waals surface area contributed by atoms with Gasteiger partial charge in [-0.2, -0.15) is 10.2 Å². The molecular formula is C15H25N5. The van der Waals surface area contributed by atoms with Gasteiger partial charge in [0.15, 0.2) is 0 Å². The molecule has 2 aromatic rings. The van der Waals surface area contributed by atoms with Gasteiger partial charge in [0.25, 0.3) is 0 Å². The van der Waals surface area contributed by atoms with Crippen LogP contribution in [-0.4, -0.2) is 26.6 Å². The number of aromatic nitrogens is 4. The summed E-state index contributed by atoms with van der Waals surface area (Å²) in [6, 6.07) is 2.47. The number of rotatable bonds is 5. The van der Waals surface area contributed by atoms with Crippen LogP contribution in [0.5, 0.6) is 0 Å². The Balaban J connectivity index is 2.31. The van der Waals surface area contributed by atoms with Crippen molar-refractivity contribution in [2.75, 3.05) is 7.05 Å². The molecule has 0 saturated carbocycles. The van der Waals surface area contributed by atoms with Crippen molar-refractivity contribution >= 4 is 0 Å². The molecule has 1 unspecified atom stereocenters. The Kier molecular flexibility index (Phi) is 4.28. The molecule has 0 aliphatic rings. The minimum absolute atomic E-state index is 0.267. The van der Waals surface area contributed by atoms with Gasteiger partial charge in [-0.1, -0.05) is 6.92 Å². The third-order valence-electron chi connectivity index (χ3n) is 4.06. The number of aryl methyl sites for hydroxylation is 4. The highest BCUT2D eigenvalue weighted by Crippen LogP contribution is 2.24. The summed E-state index contributed by atoms with van der Waals surface area (Å²) in [6.45, 7) is 6.34. The predicted octanol–water partition coefficient (Wildman–Crippen LogP) is 1.84. The molecule has 0 aromatic carbocycles. The fourth-order valence-corrected chi connectivity index (χ4v) is 2.79. The minimum atomic E-state index is 0.267. The van der Waals surface area contributed by atoms with Gasteiger partial charge in [-0.15, -0.1) is 0 Å². The number of hydrogen-bond acceptors (Lipinski definition) is 3. The Morgan fingerprint density at radius 1 is 1.20 bits per heavy atom. The third kappa shape index (κ3) is 2.63. The van der Waals surface area contributed by atoms with E-state index in [-0.39, 0.29) is 6.04 Å². The van der Waals surface area contributed by atoms with Gasteiger partial charge < -0.3 is 5.32 Å². The Morgan fingerprint density at radius 3 is 2.35 bits per heavy atom. The Hall–Kier alpha value is -1.62. The Morgan fingerprint density at radius 2 is 1.90 bits per heavy atom. The van der Waals surface area contributed by atoms with Crippen molar-refractivity contribution in [3.05, 3.63) is 34.4 Å². The van der Waals surface area contributed by atoms with Crippen LogP contribution in [0.1, 0.15) is 41.3 Å².